The van der Waals surface area contributed by atoms with Gasteiger partial charge < -0.3 is 0 Å². The Morgan fingerprint density at radius 2 is 1.28 bits per heavy atom. The number of benzene rings is 1. The van der Waals surface area contributed by atoms with E-state index in [1.807, 2.05) is 0 Å². The Kier molecular flexibility index (Phi) is 10.3. The van der Waals surface area contributed by atoms with Gasteiger partial charge in [-0.3, -0.25) is 0 Å². The fourth-order valence-corrected chi connectivity index (χ4v) is 4.60. The summed E-state index contributed by atoms with van der Waals surface area (Å²) in [6, 6.07) is 9.56. The van der Waals surface area contributed by atoms with E-state index >= 15 is 0 Å². The van der Waals surface area contributed by atoms with Gasteiger partial charge in [-0.1, -0.05) is 102 Å². The molecule has 0 N–H and O–H groups in total. The second-order valence-electron chi connectivity index (χ2n) is 8.47. The molecule has 0 unspecified atom stereocenters. The van der Waals surface area contributed by atoms with Gasteiger partial charge in [-0.25, -0.2) is 0 Å². The topological polar surface area (TPSA) is 0 Å². The molecule has 0 spiro atoms. The highest BCUT2D eigenvalue weighted by Gasteiger charge is 2.21. The lowest BCUT2D eigenvalue weighted by molar-refractivity contribution is 0.301. The number of rotatable bonds is 12. The lowest BCUT2D eigenvalue weighted by atomic mass is 9.77. The quantitative estimate of drug-likeness (QED) is 0.334. The summed E-state index contributed by atoms with van der Waals surface area (Å²) in [5.74, 6) is 1.86. The van der Waals surface area contributed by atoms with Crippen LogP contribution in [0, 0.1) is 5.92 Å². The molecular weight excluding hydrogens is 300 g/mol. The van der Waals surface area contributed by atoms with Gasteiger partial charge >= 0.3 is 0 Å². The van der Waals surface area contributed by atoms with Crippen LogP contribution in [-0.4, -0.2) is 0 Å². The molecule has 0 heterocycles. The molecule has 0 aliphatic heterocycles. The van der Waals surface area contributed by atoms with Crippen LogP contribution in [0.25, 0.3) is 0 Å². The van der Waals surface area contributed by atoms with Crippen molar-refractivity contribution in [1.82, 2.24) is 0 Å². The molecule has 0 heteroatoms. The van der Waals surface area contributed by atoms with E-state index in [9.17, 15) is 0 Å². The first kappa shape index (κ1) is 20.5. The smallest absolute Gasteiger partial charge is 0.0162 e. The monoisotopic (exact) mass is 342 g/mol. The Labute approximate surface area is 157 Å². The molecule has 0 radical (unpaired) electrons. The van der Waals surface area contributed by atoms with Crippen molar-refractivity contribution in [1.29, 1.82) is 0 Å². The third-order valence-electron chi connectivity index (χ3n) is 6.30. The summed E-state index contributed by atoms with van der Waals surface area (Å²) in [4.78, 5) is 0. The maximum absolute atomic E-state index is 2.41. The molecule has 2 rings (SSSR count). The minimum absolute atomic E-state index is 0.838. The average molecular weight is 343 g/mol. The zero-order chi connectivity index (χ0) is 17.7. The van der Waals surface area contributed by atoms with Crippen LogP contribution in [-0.2, 0) is 6.42 Å². The van der Waals surface area contributed by atoms with Crippen molar-refractivity contribution in [3.8, 4) is 0 Å². The van der Waals surface area contributed by atoms with E-state index in [-0.39, 0.29) is 0 Å². The second-order valence-corrected chi connectivity index (χ2v) is 8.47. The highest BCUT2D eigenvalue weighted by molar-refractivity contribution is 5.25. The van der Waals surface area contributed by atoms with E-state index in [0.717, 1.165) is 11.8 Å². The Morgan fingerprint density at radius 1 is 0.680 bits per heavy atom. The number of hydrogen-bond acceptors (Lipinski definition) is 0. The summed E-state index contributed by atoms with van der Waals surface area (Å²) in [5, 5.41) is 0. The molecule has 0 saturated heterocycles. The fourth-order valence-electron chi connectivity index (χ4n) is 4.60. The second kappa shape index (κ2) is 12.6. The standard InChI is InChI=1S/C25H42/c1-3-5-6-7-8-9-10-11-13-23-16-20-25(21-17-23)24-18-14-22(12-4-2)15-19-24/h14-15,18-19,23,25H,3-13,16-17,20-21H2,1-2H3. The summed E-state index contributed by atoms with van der Waals surface area (Å²) < 4.78 is 0. The third kappa shape index (κ3) is 7.97. The summed E-state index contributed by atoms with van der Waals surface area (Å²) in [5.41, 5.74) is 3.11. The molecule has 1 aliphatic rings. The normalized spacial score (nSPS) is 20.7. The van der Waals surface area contributed by atoms with Crippen molar-refractivity contribution in [2.24, 2.45) is 5.92 Å². The summed E-state index contributed by atoms with van der Waals surface area (Å²) in [7, 11) is 0. The zero-order valence-electron chi connectivity index (χ0n) is 17.1. The first-order valence-corrected chi connectivity index (χ1v) is 11.4. The van der Waals surface area contributed by atoms with Crippen molar-refractivity contribution in [2.45, 2.75) is 116 Å². The van der Waals surface area contributed by atoms with E-state index < -0.39 is 0 Å². The predicted molar refractivity (Wildman–Crippen MR) is 112 cm³/mol. The van der Waals surface area contributed by atoms with E-state index in [1.165, 1.54) is 102 Å². The van der Waals surface area contributed by atoms with Gasteiger partial charge in [0.15, 0.2) is 0 Å². The van der Waals surface area contributed by atoms with Crippen LogP contribution in [0.5, 0.6) is 0 Å². The molecule has 0 atom stereocenters. The first-order valence-electron chi connectivity index (χ1n) is 11.4. The molecule has 1 saturated carbocycles. The fraction of sp³-hybridized carbons (Fsp3) is 0.760. The Hall–Kier alpha value is -0.780. The maximum Gasteiger partial charge on any atom is -0.0162 e. The number of hydrogen-bond donors (Lipinski definition) is 0. The van der Waals surface area contributed by atoms with E-state index in [1.54, 1.807) is 5.56 Å². The molecule has 142 valence electrons. The van der Waals surface area contributed by atoms with Crippen molar-refractivity contribution < 1.29 is 0 Å². The van der Waals surface area contributed by atoms with Crippen LogP contribution in [0.4, 0.5) is 0 Å². The van der Waals surface area contributed by atoms with Crippen LogP contribution in [0.3, 0.4) is 0 Å². The van der Waals surface area contributed by atoms with Gasteiger partial charge in [0, 0.05) is 0 Å². The first-order chi connectivity index (χ1) is 12.3. The van der Waals surface area contributed by atoms with Gasteiger partial charge in [0.25, 0.3) is 0 Å². The molecule has 0 nitrogen and oxygen atoms in total. The van der Waals surface area contributed by atoms with Crippen molar-refractivity contribution in [3.05, 3.63) is 35.4 Å². The SMILES string of the molecule is CCCCCCCCCCC1CCC(c2ccc(CCC)cc2)CC1. The third-order valence-corrected chi connectivity index (χ3v) is 6.30. The predicted octanol–water partition coefficient (Wildman–Crippen LogP) is 8.44. The van der Waals surface area contributed by atoms with Gasteiger partial charge in [-0.05, 0) is 55.1 Å². The van der Waals surface area contributed by atoms with Crippen LogP contribution in [0.15, 0.2) is 24.3 Å². The summed E-state index contributed by atoms with van der Waals surface area (Å²) in [6.45, 7) is 4.57. The van der Waals surface area contributed by atoms with E-state index in [4.69, 9.17) is 0 Å². The van der Waals surface area contributed by atoms with Crippen LogP contribution >= 0.6 is 0 Å². The average Bonchev–Trinajstić information content (AvgIpc) is 2.65. The zero-order valence-corrected chi connectivity index (χ0v) is 17.1. The minimum Gasteiger partial charge on any atom is -0.0654 e. The summed E-state index contributed by atoms with van der Waals surface area (Å²) in [6.07, 6.45) is 21.4. The molecular formula is C25H42. The highest BCUT2D eigenvalue weighted by Crippen LogP contribution is 2.37. The molecule has 1 aliphatic carbocycles. The van der Waals surface area contributed by atoms with Crippen LogP contribution in [0.2, 0.25) is 0 Å². The number of aryl methyl sites for hydroxylation is 1. The van der Waals surface area contributed by atoms with Gasteiger partial charge in [-0.2, -0.15) is 0 Å². The molecule has 1 aromatic rings. The Bertz CT molecular complexity index is 422. The van der Waals surface area contributed by atoms with Crippen molar-refractivity contribution in [3.63, 3.8) is 0 Å². The maximum atomic E-state index is 2.41. The van der Waals surface area contributed by atoms with Gasteiger partial charge in [0.05, 0.1) is 0 Å². The largest absolute Gasteiger partial charge is 0.0654 e. The molecule has 0 aromatic heterocycles. The lowest BCUT2D eigenvalue weighted by Gasteiger charge is -2.29. The van der Waals surface area contributed by atoms with Gasteiger partial charge in [0.2, 0.25) is 0 Å². The molecule has 0 amide bonds. The minimum atomic E-state index is 0.838. The lowest BCUT2D eigenvalue weighted by Crippen LogP contribution is -2.13. The van der Waals surface area contributed by atoms with Crippen molar-refractivity contribution >= 4 is 0 Å². The van der Waals surface area contributed by atoms with Crippen LogP contribution in [0.1, 0.15) is 121 Å². The molecule has 1 aromatic carbocycles. The molecule has 25 heavy (non-hydrogen) atoms. The molecule has 1 fully saturated rings. The summed E-state index contributed by atoms with van der Waals surface area (Å²) >= 11 is 0. The molecule has 0 bridgehead atoms. The van der Waals surface area contributed by atoms with E-state index in [0.29, 0.717) is 0 Å². The van der Waals surface area contributed by atoms with E-state index in [2.05, 4.69) is 38.1 Å². The number of unbranched alkanes of at least 4 members (excludes halogenated alkanes) is 7. The van der Waals surface area contributed by atoms with Crippen molar-refractivity contribution in [2.75, 3.05) is 0 Å². The van der Waals surface area contributed by atoms with Gasteiger partial charge in [0.1, 0.15) is 0 Å². The van der Waals surface area contributed by atoms with Gasteiger partial charge in [-0.15, -0.1) is 0 Å². The Balaban J connectivity index is 1.55. The van der Waals surface area contributed by atoms with Crippen LogP contribution < -0.4 is 0 Å². The highest BCUT2D eigenvalue weighted by atomic mass is 14.3. The Morgan fingerprint density at radius 3 is 1.88 bits per heavy atom.